The molecule has 0 heterocycles. The molecular formula is C16H26N2O. The number of rotatable bonds is 5. The van der Waals surface area contributed by atoms with Crippen LogP contribution < -0.4 is 11.1 Å². The minimum atomic E-state index is -0.466. The maximum Gasteiger partial charge on any atom is 0.237 e. The summed E-state index contributed by atoms with van der Waals surface area (Å²) < 4.78 is 0. The van der Waals surface area contributed by atoms with Gasteiger partial charge in [-0.05, 0) is 30.7 Å². The van der Waals surface area contributed by atoms with E-state index < -0.39 is 6.04 Å². The average Bonchev–Trinajstić information content (AvgIpc) is 2.35. The van der Waals surface area contributed by atoms with Crippen molar-refractivity contribution in [1.82, 2.24) is 5.32 Å². The molecule has 1 unspecified atom stereocenters. The third kappa shape index (κ3) is 5.43. The largest absolute Gasteiger partial charge is 0.352 e. The zero-order valence-corrected chi connectivity index (χ0v) is 12.4. The molecule has 0 bridgehead atoms. The molecule has 0 aromatic heterocycles. The van der Waals surface area contributed by atoms with Gasteiger partial charge in [-0.1, -0.05) is 51.1 Å². The van der Waals surface area contributed by atoms with Gasteiger partial charge >= 0.3 is 0 Å². The van der Waals surface area contributed by atoms with Crippen LogP contribution in [0.1, 0.15) is 39.7 Å². The summed E-state index contributed by atoms with van der Waals surface area (Å²) in [7, 11) is 0. The molecule has 2 atom stereocenters. The van der Waals surface area contributed by atoms with Crippen LogP contribution in [0.5, 0.6) is 0 Å². The number of aryl methyl sites for hydroxylation is 1. The van der Waals surface area contributed by atoms with Gasteiger partial charge in [0.2, 0.25) is 5.91 Å². The van der Waals surface area contributed by atoms with Gasteiger partial charge in [-0.2, -0.15) is 0 Å². The predicted molar refractivity (Wildman–Crippen MR) is 79.8 cm³/mol. The first-order chi connectivity index (χ1) is 8.80. The number of carbonyl (C=O) groups excluding carboxylic acids is 1. The Morgan fingerprint density at radius 1 is 1.26 bits per heavy atom. The summed E-state index contributed by atoms with van der Waals surface area (Å²) in [5.74, 6) is -0.0620. The standard InChI is InChI=1S/C16H26N2O/c1-12(10-11-13-8-6-5-7-9-13)18-15(19)14(17)16(2,3)4/h5-9,12,14H,10-11,17H2,1-4H3,(H,18,19)/t12?,14-/m0/s1. The first-order valence-electron chi connectivity index (χ1n) is 6.90. The van der Waals surface area contributed by atoms with Crippen LogP contribution in [0, 0.1) is 5.41 Å². The maximum atomic E-state index is 12.0. The van der Waals surface area contributed by atoms with E-state index in [-0.39, 0.29) is 17.4 Å². The molecule has 0 fully saturated rings. The highest BCUT2D eigenvalue weighted by molar-refractivity contribution is 5.82. The molecule has 1 aromatic carbocycles. The van der Waals surface area contributed by atoms with Crippen LogP contribution in [0.2, 0.25) is 0 Å². The van der Waals surface area contributed by atoms with Crippen molar-refractivity contribution in [3.05, 3.63) is 35.9 Å². The summed E-state index contributed by atoms with van der Waals surface area (Å²) in [6, 6.07) is 9.97. The third-order valence-corrected chi connectivity index (χ3v) is 3.31. The lowest BCUT2D eigenvalue weighted by Crippen LogP contribution is -2.50. The van der Waals surface area contributed by atoms with Crippen LogP contribution in [0.4, 0.5) is 0 Å². The molecule has 1 amide bonds. The number of amides is 1. The third-order valence-electron chi connectivity index (χ3n) is 3.31. The van der Waals surface area contributed by atoms with Crippen molar-refractivity contribution in [2.75, 3.05) is 0 Å². The van der Waals surface area contributed by atoms with Crippen molar-refractivity contribution >= 4 is 5.91 Å². The second-order valence-corrected chi connectivity index (χ2v) is 6.28. The van der Waals surface area contributed by atoms with E-state index in [0.717, 1.165) is 12.8 Å². The SMILES string of the molecule is CC(CCc1ccccc1)NC(=O)[C@H](N)C(C)(C)C. The van der Waals surface area contributed by atoms with Gasteiger partial charge in [-0.15, -0.1) is 0 Å². The molecule has 0 aliphatic rings. The van der Waals surface area contributed by atoms with Crippen molar-refractivity contribution in [2.24, 2.45) is 11.1 Å². The molecular weight excluding hydrogens is 236 g/mol. The van der Waals surface area contributed by atoms with Gasteiger partial charge in [-0.3, -0.25) is 4.79 Å². The second kappa shape index (κ2) is 6.71. The van der Waals surface area contributed by atoms with Crippen molar-refractivity contribution < 1.29 is 4.79 Å². The van der Waals surface area contributed by atoms with Crippen molar-refractivity contribution in [2.45, 2.75) is 52.6 Å². The molecule has 1 aromatic rings. The van der Waals surface area contributed by atoms with Gasteiger partial charge in [-0.25, -0.2) is 0 Å². The summed E-state index contributed by atoms with van der Waals surface area (Å²) in [6.45, 7) is 7.96. The van der Waals surface area contributed by atoms with E-state index in [2.05, 4.69) is 17.4 Å². The fourth-order valence-corrected chi connectivity index (χ4v) is 1.83. The number of nitrogens with two attached hydrogens (primary N) is 1. The number of carbonyl (C=O) groups is 1. The molecule has 3 nitrogen and oxygen atoms in total. The highest BCUT2D eigenvalue weighted by Gasteiger charge is 2.27. The van der Waals surface area contributed by atoms with Crippen LogP contribution >= 0.6 is 0 Å². The minimum Gasteiger partial charge on any atom is -0.352 e. The normalized spacial score (nSPS) is 14.8. The van der Waals surface area contributed by atoms with Crippen molar-refractivity contribution in [3.63, 3.8) is 0 Å². The molecule has 0 spiro atoms. The number of hydrogen-bond donors (Lipinski definition) is 2. The van der Waals surface area contributed by atoms with Gasteiger partial charge in [0.25, 0.3) is 0 Å². The quantitative estimate of drug-likeness (QED) is 0.856. The highest BCUT2D eigenvalue weighted by Crippen LogP contribution is 2.17. The molecule has 0 aliphatic carbocycles. The Morgan fingerprint density at radius 3 is 2.37 bits per heavy atom. The van der Waals surface area contributed by atoms with Crippen LogP contribution in [-0.4, -0.2) is 18.0 Å². The average molecular weight is 262 g/mol. The van der Waals surface area contributed by atoms with Gasteiger partial charge in [0.15, 0.2) is 0 Å². The minimum absolute atomic E-state index is 0.0620. The lowest BCUT2D eigenvalue weighted by atomic mass is 9.87. The first kappa shape index (κ1) is 15.7. The fraction of sp³-hybridized carbons (Fsp3) is 0.562. The molecule has 19 heavy (non-hydrogen) atoms. The van der Waals surface area contributed by atoms with Crippen molar-refractivity contribution in [1.29, 1.82) is 0 Å². The molecule has 106 valence electrons. The first-order valence-corrected chi connectivity index (χ1v) is 6.90. The molecule has 0 aliphatic heterocycles. The van der Waals surface area contributed by atoms with Gasteiger partial charge in [0.1, 0.15) is 0 Å². The summed E-state index contributed by atoms with van der Waals surface area (Å²) in [5.41, 5.74) is 7.03. The second-order valence-electron chi connectivity index (χ2n) is 6.28. The Labute approximate surface area is 116 Å². The summed E-state index contributed by atoms with van der Waals surface area (Å²) >= 11 is 0. The fourth-order valence-electron chi connectivity index (χ4n) is 1.83. The van der Waals surface area contributed by atoms with E-state index in [1.54, 1.807) is 0 Å². The number of nitrogens with one attached hydrogen (secondary N) is 1. The zero-order chi connectivity index (χ0) is 14.5. The Morgan fingerprint density at radius 2 is 1.84 bits per heavy atom. The van der Waals surface area contributed by atoms with E-state index in [1.807, 2.05) is 45.9 Å². The van der Waals surface area contributed by atoms with Gasteiger partial charge in [0.05, 0.1) is 6.04 Å². The molecule has 1 rings (SSSR count). The van der Waals surface area contributed by atoms with E-state index in [4.69, 9.17) is 5.73 Å². The highest BCUT2D eigenvalue weighted by atomic mass is 16.2. The maximum absolute atomic E-state index is 12.0. The Kier molecular flexibility index (Phi) is 5.55. The van der Waals surface area contributed by atoms with Crippen LogP contribution in [0.25, 0.3) is 0 Å². The topological polar surface area (TPSA) is 55.1 Å². The summed E-state index contributed by atoms with van der Waals surface area (Å²) in [4.78, 5) is 12.0. The summed E-state index contributed by atoms with van der Waals surface area (Å²) in [5, 5.41) is 2.99. The predicted octanol–water partition coefficient (Wildman–Crippen LogP) is 2.50. The Balaban J connectivity index is 2.39. The Hall–Kier alpha value is -1.35. The molecule has 0 radical (unpaired) electrons. The lowest BCUT2D eigenvalue weighted by Gasteiger charge is -2.27. The van der Waals surface area contributed by atoms with E-state index in [0.29, 0.717) is 0 Å². The van der Waals surface area contributed by atoms with E-state index in [9.17, 15) is 4.79 Å². The van der Waals surface area contributed by atoms with Crippen LogP contribution in [-0.2, 0) is 11.2 Å². The van der Waals surface area contributed by atoms with Crippen molar-refractivity contribution in [3.8, 4) is 0 Å². The zero-order valence-electron chi connectivity index (χ0n) is 12.4. The number of hydrogen-bond acceptors (Lipinski definition) is 2. The molecule has 3 heteroatoms. The van der Waals surface area contributed by atoms with E-state index in [1.165, 1.54) is 5.56 Å². The van der Waals surface area contributed by atoms with Crippen LogP contribution in [0.15, 0.2) is 30.3 Å². The van der Waals surface area contributed by atoms with Gasteiger partial charge in [0, 0.05) is 6.04 Å². The van der Waals surface area contributed by atoms with E-state index >= 15 is 0 Å². The Bertz CT molecular complexity index is 395. The summed E-state index contributed by atoms with van der Waals surface area (Å²) in [6.07, 6.45) is 1.89. The smallest absolute Gasteiger partial charge is 0.237 e. The monoisotopic (exact) mass is 262 g/mol. The molecule has 3 N–H and O–H groups in total. The van der Waals surface area contributed by atoms with Gasteiger partial charge < -0.3 is 11.1 Å². The number of benzene rings is 1. The van der Waals surface area contributed by atoms with Crippen LogP contribution in [0.3, 0.4) is 0 Å². The molecule has 0 saturated heterocycles. The lowest BCUT2D eigenvalue weighted by molar-refractivity contribution is -0.125. The molecule has 0 saturated carbocycles.